The smallest absolute Gasteiger partial charge is 0.252 e. The number of nitrogens with two attached hydrogens (primary N) is 1. The normalized spacial score (nSPS) is 15.6. The lowest BCUT2D eigenvalue weighted by Crippen LogP contribution is -2.28. The maximum Gasteiger partial charge on any atom is 0.252 e. The Bertz CT molecular complexity index is 660. The van der Waals surface area contributed by atoms with E-state index < -0.39 is 26.6 Å². The van der Waals surface area contributed by atoms with Crippen molar-refractivity contribution in [2.45, 2.75) is 30.6 Å². The SMILES string of the molecule is NS(=O)(=O)c1cc(C(=O)NCCC2CCC2)c(Cl)cc1F. The van der Waals surface area contributed by atoms with Gasteiger partial charge in [0.05, 0.1) is 10.6 Å². The molecule has 0 spiro atoms. The van der Waals surface area contributed by atoms with Crippen molar-refractivity contribution in [3.8, 4) is 0 Å². The van der Waals surface area contributed by atoms with E-state index in [1.165, 1.54) is 19.3 Å². The third-order valence-electron chi connectivity index (χ3n) is 3.64. The lowest BCUT2D eigenvalue weighted by Gasteiger charge is -2.25. The van der Waals surface area contributed by atoms with E-state index in [0.29, 0.717) is 12.5 Å². The van der Waals surface area contributed by atoms with Gasteiger partial charge < -0.3 is 5.32 Å². The van der Waals surface area contributed by atoms with Crippen molar-refractivity contribution >= 4 is 27.5 Å². The topological polar surface area (TPSA) is 89.3 Å². The largest absolute Gasteiger partial charge is 0.352 e. The van der Waals surface area contributed by atoms with Crippen LogP contribution in [0.2, 0.25) is 5.02 Å². The maximum atomic E-state index is 13.5. The molecule has 1 amide bonds. The molecule has 0 unspecified atom stereocenters. The summed E-state index contributed by atoms with van der Waals surface area (Å²) < 4.78 is 36.0. The fourth-order valence-corrected chi connectivity index (χ4v) is 3.04. The highest BCUT2D eigenvalue weighted by atomic mass is 35.5. The van der Waals surface area contributed by atoms with Gasteiger partial charge in [-0.1, -0.05) is 30.9 Å². The molecular formula is C13H16ClFN2O3S. The third-order valence-corrected chi connectivity index (χ3v) is 4.87. The molecule has 0 saturated heterocycles. The fraction of sp³-hybridized carbons (Fsp3) is 0.462. The highest BCUT2D eigenvalue weighted by molar-refractivity contribution is 7.89. The van der Waals surface area contributed by atoms with Gasteiger partial charge in [-0.25, -0.2) is 17.9 Å². The summed E-state index contributed by atoms with van der Waals surface area (Å²) in [5, 5.41) is 7.40. The Labute approximate surface area is 127 Å². The second-order valence-corrected chi connectivity index (χ2v) is 7.09. The number of primary sulfonamides is 1. The predicted octanol–water partition coefficient (Wildman–Crippen LogP) is 2.05. The van der Waals surface area contributed by atoms with E-state index >= 15 is 0 Å². The molecule has 0 heterocycles. The molecular weight excluding hydrogens is 319 g/mol. The summed E-state index contributed by atoms with van der Waals surface area (Å²) in [4.78, 5) is 11.3. The average molecular weight is 335 g/mol. The Morgan fingerprint density at radius 2 is 2.10 bits per heavy atom. The van der Waals surface area contributed by atoms with Crippen LogP contribution in [-0.4, -0.2) is 20.9 Å². The lowest BCUT2D eigenvalue weighted by atomic mass is 9.83. The van der Waals surface area contributed by atoms with Crippen molar-refractivity contribution in [1.82, 2.24) is 5.32 Å². The molecule has 1 aromatic carbocycles. The number of amides is 1. The van der Waals surface area contributed by atoms with Crippen molar-refractivity contribution in [3.63, 3.8) is 0 Å². The van der Waals surface area contributed by atoms with Crippen molar-refractivity contribution in [1.29, 1.82) is 0 Å². The summed E-state index contributed by atoms with van der Waals surface area (Å²) in [6.07, 6.45) is 4.43. The van der Waals surface area contributed by atoms with E-state index in [0.717, 1.165) is 18.6 Å². The monoisotopic (exact) mass is 334 g/mol. The second-order valence-electron chi connectivity index (χ2n) is 5.15. The van der Waals surface area contributed by atoms with Crippen LogP contribution in [0, 0.1) is 11.7 Å². The van der Waals surface area contributed by atoms with Crippen LogP contribution in [0.5, 0.6) is 0 Å². The lowest BCUT2D eigenvalue weighted by molar-refractivity contribution is 0.0949. The van der Waals surface area contributed by atoms with E-state index in [4.69, 9.17) is 16.7 Å². The van der Waals surface area contributed by atoms with Crippen LogP contribution in [0.3, 0.4) is 0 Å². The van der Waals surface area contributed by atoms with Gasteiger partial charge in [0.1, 0.15) is 10.7 Å². The number of sulfonamides is 1. The molecule has 2 rings (SSSR count). The minimum atomic E-state index is -4.25. The zero-order valence-corrected chi connectivity index (χ0v) is 12.8. The molecule has 21 heavy (non-hydrogen) atoms. The highest BCUT2D eigenvalue weighted by Crippen LogP contribution is 2.29. The van der Waals surface area contributed by atoms with Crippen LogP contribution in [0.4, 0.5) is 4.39 Å². The standard InChI is InChI=1S/C13H16ClFN2O3S/c14-10-7-11(15)12(21(16,19)20)6-9(10)13(18)17-5-4-8-2-1-3-8/h6-8H,1-5H2,(H,17,18)(H2,16,19,20). The molecule has 0 bridgehead atoms. The predicted molar refractivity (Wildman–Crippen MR) is 77.1 cm³/mol. The van der Waals surface area contributed by atoms with Gasteiger partial charge in [-0.2, -0.15) is 0 Å². The molecule has 1 aliphatic rings. The zero-order chi connectivity index (χ0) is 15.6. The number of rotatable bonds is 5. The van der Waals surface area contributed by atoms with Gasteiger partial charge in [-0.3, -0.25) is 4.79 Å². The minimum absolute atomic E-state index is 0.101. The number of halogens is 2. The molecule has 0 aliphatic heterocycles. The van der Waals surface area contributed by atoms with Gasteiger partial charge in [0.25, 0.3) is 5.91 Å². The van der Waals surface area contributed by atoms with Crippen LogP contribution >= 0.6 is 11.6 Å². The molecule has 0 aromatic heterocycles. The van der Waals surface area contributed by atoms with Crippen LogP contribution in [0.1, 0.15) is 36.0 Å². The molecule has 3 N–H and O–H groups in total. The molecule has 8 heteroatoms. The first kappa shape index (κ1) is 16.2. The van der Waals surface area contributed by atoms with Crippen molar-refractivity contribution < 1.29 is 17.6 Å². The summed E-state index contributed by atoms with van der Waals surface area (Å²) in [5.41, 5.74) is -0.101. The Hall–Kier alpha value is -1.18. The number of hydrogen-bond donors (Lipinski definition) is 2. The first-order valence-corrected chi connectivity index (χ1v) is 8.51. The van der Waals surface area contributed by atoms with E-state index in [2.05, 4.69) is 5.32 Å². The number of carbonyl (C=O) groups is 1. The van der Waals surface area contributed by atoms with Gasteiger partial charge in [0.15, 0.2) is 0 Å². The van der Waals surface area contributed by atoms with Crippen LogP contribution < -0.4 is 10.5 Å². The fourth-order valence-electron chi connectivity index (χ4n) is 2.19. The Kier molecular flexibility index (Phi) is 4.85. The molecule has 1 fully saturated rings. The van der Waals surface area contributed by atoms with Gasteiger partial charge in [-0.15, -0.1) is 0 Å². The van der Waals surface area contributed by atoms with Crippen LogP contribution in [-0.2, 0) is 10.0 Å². The summed E-state index contributed by atoms with van der Waals surface area (Å²) in [5.74, 6) is -0.980. The van der Waals surface area contributed by atoms with Crippen LogP contribution in [0.25, 0.3) is 0 Å². The molecule has 1 saturated carbocycles. The minimum Gasteiger partial charge on any atom is -0.352 e. The summed E-state index contributed by atoms with van der Waals surface area (Å²) in [6, 6.07) is 1.65. The third kappa shape index (κ3) is 3.93. The van der Waals surface area contributed by atoms with Gasteiger partial charge in [0, 0.05) is 6.54 Å². The quantitative estimate of drug-likeness (QED) is 0.863. The molecule has 1 aliphatic carbocycles. The average Bonchev–Trinajstić information content (AvgIpc) is 2.30. The highest BCUT2D eigenvalue weighted by Gasteiger charge is 2.21. The molecule has 5 nitrogen and oxygen atoms in total. The van der Waals surface area contributed by atoms with Crippen molar-refractivity contribution in [2.24, 2.45) is 11.1 Å². The first-order valence-electron chi connectivity index (χ1n) is 6.59. The Morgan fingerprint density at radius 3 is 2.62 bits per heavy atom. The van der Waals surface area contributed by atoms with Crippen molar-refractivity contribution in [3.05, 3.63) is 28.5 Å². The van der Waals surface area contributed by atoms with Gasteiger partial charge in [0.2, 0.25) is 10.0 Å². The number of carbonyl (C=O) groups excluding carboxylic acids is 1. The molecule has 1 aromatic rings. The molecule has 0 atom stereocenters. The van der Waals surface area contributed by atoms with Gasteiger partial charge >= 0.3 is 0 Å². The molecule has 116 valence electrons. The van der Waals surface area contributed by atoms with E-state index in [1.807, 2.05) is 0 Å². The summed E-state index contributed by atoms with van der Waals surface area (Å²) in [7, 11) is -4.25. The summed E-state index contributed by atoms with van der Waals surface area (Å²) in [6.45, 7) is 0.474. The molecule has 0 radical (unpaired) electrons. The number of hydrogen-bond acceptors (Lipinski definition) is 3. The van der Waals surface area contributed by atoms with E-state index in [9.17, 15) is 17.6 Å². The van der Waals surface area contributed by atoms with E-state index in [-0.39, 0.29) is 10.6 Å². The van der Waals surface area contributed by atoms with Crippen molar-refractivity contribution in [2.75, 3.05) is 6.54 Å². The second kappa shape index (κ2) is 6.29. The first-order chi connectivity index (χ1) is 9.79. The Balaban J connectivity index is 2.12. The van der Waals surface area contributed by atoms with Gasteiger partial charge in [-0.05, 0) is 24.5 Å². The zero-order valence-electron chi connectivity index (χ0n) is 11.2. The summed E-state index contributed by atoms with van der Waals surface area (Å²) >= 11 is 5.79. The number of benzene rings is 1. The number of nitrogens with one attached hydrogen (secondary N) is 1. The van der Waals surface area contributed by atoms with E-state index in [1.54, 1.807) is 0 Å². The van der Waals surface area contributed by atoms with Crippen LogP contribution in [0.15, 0.2) is 17.0 Å². The maximum absolute atomic E-state index is 13.5. The Morgan fingerprint density at radius 1 is 1.43 bits per heavy atom.